The molecule has 1 aliphatic carbocycles. The van der Waals surface area contributed by atoms with Gasteiger partial charge in [0.1, 0.15) is 5.82 Å². The molecule has 1 fully saturated rings. The molecule has 0 unspecified atom stereocenters. The third kappa shape index (κ3) is 2.61. The van der Waals surface area contributed by atoms with Crippen molar-refractivity contribution in [2.45, 2.75) is 25.7 Å². The average molecular weight is 288 g/mol. The third-order valence-electron chi connectivity index (χ3n) is 3.77. The molecule has 21 heavy (non-hydrogen) atoms. The second-order valence-corrected chi connectivity index (χ2v) is 5.28. The van der Waals surface area contributed by atoms with E-state index in [1.54, 1.807) is 13.1 Å². The molecule has 1 heterocycles. The van der Waals surface area contributed by atoms with Crippen molar-refractivity contribution in [2.75, 3.05) is 17.7 Å². The Morgan fingerprint density at radius 2 is 2.19 bits per heavy atom. The van der Waals surface area contributed by atoms with Gasteiger partial charge < -0.3 is 10.6 Å². The number of hydrogen-bond donors (Lipinski definition) is 3. The van der Waals surface area contributed by atoms with Crippen molar-refractivity contribution in [3.8, 4) is 0 Å². The highest BCUT2D eigenvalue weighted by Gasteiger charge is 2.28. The molecular weight excluding hydrogens is 271 g/mol. The molecule has 0 atom stereocenters. The number of carbonyl (C=O) groups is 1. The van der Waals surface area contributed by atoms with E-state index in [2.05, 4.69) is 20.8 Å². The van der Waals surface area contributed by atoms with Gasteiger partial charge in [-0.05, 0) is 38.0 Å². The Balaban J connectivity index is 1.78. The van der Waals surface area contributed by atoms with Crippen LogP contribution in [0.1, 0.15) is 40.4 Å². The highest BCUT2D eigenvalue weighted by molar-refractivity contribution is 6.04. The lowest BCUT2D eigenvalue weighted by molar-refractivity contribution is 0.102. The molecule has 0 radical (unpaired) electrons. The minimum Gasteiger partial charge on any atom is -0.386 e. The van der Waals surface area contributed by atoms with Gasteiger partial charge in [0.25, 0.3) is 5.91 Å². The van der Waals surface area contributed by atoms with Crippen LogP contribution < -0.4 is 10.6 Å². The van der Waals surface area contributed by atoms with Crippen LogP contribution in [-0.4, -0.2) is 23.2 Å². The van der Waals surface area contributed by atoms with Crippen LogP contribution in [-0.2, 0) is 0 Å². The van der Waals surface area contributed by atoms with Gasteiger partial charge >= 0.3 is 0 Å². The Morgan fingerprint density at radius 3 is 2.81 bits per heavy atom. The van der Waals surface area contributed by atoms with E-state index in [1.165, 1.54) is 12.1 Å². The number of H-pyrrole nitrogens is 1. The molecule has 1 aromatic carbocycles. The van der Waals surface area contributed by atoms with Crippen molar-refractivity contribution in [1.82, 2.24) is 10.2 Å². The van der Waals surface area contributed by atoms with E-state index >= 15 is 0 Å². The SMILES string of the molecule is CNc1ccc(C(=O)Nc2n[nH]c(C3CC3)c2C)cc1F. The molecule has 0 saturated heterocycles. The van der Waals surface area contributed by atoms with Gasteiger partial charge in [-0.1, -0.05) is 0 Å². The molecule has 1 amide bonds. The molecule has 3 rings (SSSR count). The van der Waals surface area contributed by atoms with E-state index in [0.717, 1.165) is 24.1 Å². The minimum atomic E-state index is -0.456. The molecule has 0 spiro atoms. The lowest BCUT2D eigenvalue weighted by atomic mass is 10.1. The maximum absolute atomic E-state index is 13.7. The van der Waals surface area contributed by atoms with Crippen LogP contribution in [0, 0.1) is 12.7 Å². The number of rotatable bonds is 4. The van der Waals surface area contributed by atoms with Gasteiger partial charge in [-0.15, -0.1) is 0 Å². The normalized spacial score (nSPS) is 14.0. The van der Waals surface area contributed by atoms with E-state index in [1.807, 2.05) is 6.92 Å². The summed E-state index contributed by atoms with van der Waals surface area (Å²) >= 11 is 0. The number of nitrogens with one attached hydrogen (secondary N) is 3. The predicted octanol–water partition coefficient (Wildman–Crippen LogP) is 3.03. The number of benzene rings is 1. The minimum absolute atomic E-state index is 0.266. The lowest BCUT2D eigenvalue weighted by Crippen LogP contribution is -2.13. The molecule has 1 saturated carbocycles. The molecule has 0 aliphatic heterocycles. The molecular formula is C15H17FN4O. The summed E-state index contributed by atoms with van der Waals surface area (Å²) in [6.45, 7) is 1.93. The number of aromatic amines is 1. The van der Waals surface area contributed by atoms with Crippen LogP contribution in [0.2, 0.25) is 0 Å². The summed E-state index contributed by atoms with van der Waals surface area (Å²) in [5.74, 6) is 0.228. The Bertz CT molecular complexity index is 691. The van der Waals surface area contributed by atoms with Crippen molar-refractivity contribution in [1.29, 1.82) is 0 Å². The van der Waals surface area contributed by atoms with E-state index < -0.39 is 5.82 Å². The van der Waals surface area contributed by atoms with Crippen molar-refractivity contribution in [3.05, 3.63) is 40.8 Å². The highest BCUT2D eigenvalue weighted by Crippen LogP contribution is 2.41. The summed E-state index contributed by atoms with van der Waals surface area (Å²) in [6, 6.07) is 4.33. The molecule has 3 N–H and O–H groups in total. The Hall–Kier alpha value is -2.37. The van der Waals surface area contributed by atoms with Crippen LogP contribution >= 0.6 is 0 Å². The fraction of sp³-hybridized carbons (Fsp3) is 0.333. The Labute approximate surface area is 121 Å². The van der Waals surface area contributed by atoms with Gasteiger partial charge in [0.05, 0.1) is 5.69 Å². The first-order valence-corrected chi connectivity index (χ1v) is 6.93. The number of hydrogen-bond acceptors (Lipinski definition) is 3. The monoisotopic (exact) mass is 288 g/mol. The largest absolute Gasteiger partial charge is 0.386 e. The van der Waals surface area contributed by atoms with Crippen LogP contribution in [0.4, 0.5) is 15.9 Å². The number of carbonyl (C=O) groups excluding carboxylic acids is 1. The first-order valence-electron chi connectivity index (χ1n) is 6.93. The van der Waals surface area contributed by atoms with Crippen molar-refractivity contribution < 1.29 is 9.18 Å². The second-order valence-electron chi connectivity index (χ2n) is 5.28. The zero-order chi connectivity index (χ0) is 15.0. The molecule has 2 aromatic rings. The van der Waals surface area contributed by atoms with Gasteiger partial charge in [0, 0.05) is 29.8 Å². The third-order valence-corrected chi connectivity index (χ3v) is 3.77. The zero-order valence-electron chi connectivity index (χ0n) is 12.0. The summed E-state index contributed by atoms with van der Waals surface area (Å²) in [5.41, 5.74) is 2.67. The summed E-state index contributed by atoms with van der Waals surface area (Å²) in [5, 5.41) is 12.6. The number of aromatic nitrogens is 2. The summed E-state index contributed by atoms with van der Waals surface area (Å²) in [7, 11) is 1.63. The standard InChI is InChI=1S/C15H17FN4O/c1-8-13(9-3-4-9)19-20-14(8)18-15(21)10-5-6-12(17-2)11(16)7-10/h5-7,9,17H,3-4H2,1-2H3,(H2,18,19,20,21). The average Bonchev–Trinajstić information content (AvgIpc) is 3.25. The molecule has 0 bridgehead atoms. The van der Waals surface area contributed by atoms with E-state index in [4.69, 9.17) is 0 Å². The van der Waals surface area contributed by atoms with Crippen LogP contribution in [0.5, 0.6) is 0 Å². The summed E-state index contributed by atoms with van der Waals surface area (Å²) in [6.07, 6.45) is 2.32. The van der Waals surface area contributed by atoms with Crippen molar-refractivity contribution >= 4 is 17.4 Å². The van der Waals surface area contributed by atoms with Gasteiger partial charge in [-0.25, -0.2) is 4.39 Å². The summed E-state index contributed by atoms with van der Waals surface area (Å²) in [4.78, 5) is 12.2. The van der Waals surface area contributed by atoms with E-state index in [0.29, 0.717) is 17.4 Å². The zero-order valence-corrected chi connectivity index (χ0v) is 12.0. The van der Waals surface area contributed by atoms with Gasteiger partial charge in [-0.3, -0.25) is 9.89 Å². The maximum Gasteiger partial charge on any atom is 0.256 e. The number of nitrogens with zero attached hydrogens (tertiary/aromatic N) is 1. The predicted molar refractivity (Wildman–Crippen MR) is 79.2 cm³/mol. The summed E-state index contributed by atoms with van der Waals surface area (Å²) < 4.78 is 13.7. The Kier molecular flexibility index (Phi) is 3.37. The molecule has 110 valence electrons. The number of amides is 1. The quantitative estimate of drug-likeness (QED) is 0.810. The molecule has 6 heteroatoms. The van der Waals surface area contributed by atoms with Gasteiger partial charge in [0.2, 0.25) is 0 Å². The second kappa shape index (κ2) is 5.20. The topological polar surface area (TPSA) is 69.8 Å². The van der Waals surface area contributed by atoms with Crippen molar-refractivity contribution in [3.63, 3.8) is 0 Å². The van der Waals surface area contributed by atoms with Crippen LogP contribution in [0.25, 0.3) is 0 Å². The van der Waals surface area contributed by atoms with Gasteiger partial charge in [0.15, 0.2) is 5.82 Å². The Morgan fingerprint density at radius 1 is 1.43 bits per heavy atom. The first-order chi connectivity index (χ1) is 10.1. The fourth-order valence-corrected chi connectivity index (χ4v) is 2.34. The van der Waals surface area contributed by atoms with Crippen LogP contribution in [0.3, 0.4) is 0 Å². The fourth-order valence-electron chi connectivity index (χ4n) is 2.34. The van der Waals surface area contributed by atoms with E-state index in [-0.39, 0.29) is 11.5 Å². The molecule has 5 nitrogen and oxygen atoms in total. The molecule has 1 aliphatic rings. The maximum atomic E-state index is 13.7. The van der Waals surface area contributed by atoms with Crippen molar-refractivity contribution in [2.24, 2.45) is 0 Å². The number of anilines is 2. The smallest absolute Gasteiger partial charge is 0.256 e. The van der Waals surface area contributed by atoms with E-state index in [9.17, 15) is 9.18 Å². The van der Waals surface area contributed by atoms with Gasteiger partial charge in [-0.2, -0.15) is 5.10 Å². The van der Waals surface area contributed by atoms with Crippen LogP contribution in [0.15, 0.2) is 18.2 Å². The molecule has 1 aromatic heterocycles. The first kappa shape index (κ1) is 13.6. The lowest BCUT2D eigenvalue weighted by Gasteiger charge is -2.06. The highest BCUT2D eigenvalue weighted by atomic mass is 19.1. The number of halogens is 1.